The second-order valence-corrected chi connectivity index (χ2v) is 10.6. The van der Waals surface area contributed by atoms with E-state index in [0.717, 1.165) is 39.7 Å². The Morgan fingerprint density at radius 1 is 1.06 bits per heavy atom. The standard InChI is InChI=1S/C24H28F3N3O5S/c1-16(2)19-6-4-18(5-7-19)14-28-23(32)22-15-29(17(3)31)12-13-30(22)36(33,34)21-10-8-20(9-11-21)35-24(25,26)27/h4-11,16,22H,12-15H2,1-3H3,(H,28,32)/t22-/m1/s1. The molecule has 8 nitrogen and oxygen atoms in total. The molecule has 0 radical (unpaired) electrons. The van der Waals surface area contributed by atoms with Crippen LogP contribution in [0.15, 0.2) is 53.4 Å². The van der Waals surface area contributed by atoms with E-state index in [1.165, 1.54) is 11.8 Å². The Hall–Kier alpha value is -3.12. The summed E-state index contributed by atoms with van der Waals surface area (Å²) in [5, 5.41) is 2.74. The maximum atomic E-state index is 13.3. The zero-order valence-electron chi connectivity index (χ0n) is 20.1. The fraction of sp³-hybridized carbons (Fsp3) is 0.417. The number of amides is 2. The third-order valence-corrected chi connectivity index (χ3v) is 7.78. The summed E-state index contributed by atoms with van der Waals surface area (Å²) >= 11 is 0. The van der Waals surface area contributed by atoms with Gasteiger partial charge < -0.3 is 15.0 Å². The van der Waals surface area contributed by atoms with E-state index in [-0.39, 0.29) is 37.0 Å². The van der Waals surface area contributed by atoms with E-state index in [1.54, 1.807) is 0 Å². The van der Waals surface area contributed by atoms with Crippen molar-refractivity contribution in [1.82, 2.24) is 14.5 Å². The summed E-state index contributed by atoms with van der Waals surface area (Å²) in [5.41, 5.74) is 1.96. The Morgan fingerprint density at radius 3 is 2.19 bits per heavy atom. The number of nitrogens with zero attached hydrogens (tertiary/aromatic N) is 2. The molecular weight excluding hydrogens is 499 g/mol. The molecule has 1 aliphatic heterocycles. The van der Waals surface area contributed by atoms with Crippen molar-refractivity contribution >= 4 is 21.8 Å². The van der Waals surface area contributed by atoms with Crippen LogP contribution in [0.25, 0.3) is 0 Å². The Labute approximate surface area is 208 Å². The summed E-state index contributed by atoms with van der Waals surface area (Å²) in [4.78, 5) is 26.1. The molecule has 3 rings (SSSR count). The predicted molar refractivity (Wildman–Crippen MR) is 125 cm³/mol. The first-order valence-electron chi connectivity index (χ1n) is 11.3. The SMILES string of the molecule is CC(=O)N1CCN(S(=O)(=O)c2ccc(OC(F)(F)F)cc2)[C@@H](C(=O)NCc2ccc(C(C)C)cc2)C1. The number of hydrogen-bond acceptors (Lipinski definition) is 5. The molecular formula is C24H28F3N3O5S. The Kier molecular flexibility index (Phi) is 8.29. The molecule has 1 fully saturated rings. The molecule has 0 aliphatic carbocycles. The van der Waals surface area contributed by atoms with Gasteiger partial charge in [0.25, 0.3) is 0 Å². The number of halogens is 3. The quantitative estimate of drug-likeness (QED) is 0.597. The first-order valence-corrected chi connectivity index (χ1v) is 12.7. The minimum absolute atomic E-state index is 0.0737. The summed E-state index contributed by atoms with van der Waals surface area (Å²) in [6.07, 6.45) is -4.91. The molecule has 196 valence electrons. The highest BCUT2D eigenvalue weighted by Crippen LogP contribution is 2.27. The van der Waals surface area contributed by atoms with Crippen molar-refractivity contribution in [2.75, 3.05) is 19.6 Å². The predicted octanol–water partition coefficient (Wildman–Crippen LogP) is 3.25. The number of alkyl halides is 3. The molecule has 2 amide bonds. The number of carbonyl (C=O) groups excluding carboxylic acids is 2. The first-order chi connectivity index (χ1) is 16.8. The van der Waals surface area contributed by atoms with Crippen LogP contribution in [0.5, 0.6) is 5.75 Å². The number of rotatable bonds is 7. The number of sulfonamides is 1. The molecule has 0 saturated carbocycles. The van der Waals surface area contributed by atoms with Gasteiger partial charge >= 0.3 is 6.36 Å². The summed E-state index contributed by atoms with van der Waals surface area (Å²) < 4.78 is 68.7. The largest absolute Gasteiger partial charge is 0.573 e. The number of carbonyl (C=O) groups is 2. The van der Waals surface area contributed by atoms with Crippen LogP contribution in [0.1, 0.15) is 37.8 Å². The number of hydrogen-bond donors (Lipinski definition) is 1. The molecule has 1 heterocycles. The monoisotopic (exact) mass is 527 g/mol. The van der Waals surface area contributed by atoms with Crippen LogP contribution in [0, 0.1) is 0 Å². The van der Waals surface area contributed by atoms with E-state index in [4.69, 9.17) is 0 Å². The van der Waals surface area contributed by atoms with Gasteiger partial charge in [0, 0.05) is 33.1 Å². The van der Waals surface area contributed by atoms with Crippen LogP contribution in [-0.4, -0.2) is 61.5 Å². The van der Waals surface area contributed by atoms with Crippen LogP contribution >= 0.6 is 0 Å². The van der Waals surface area contributed by atoms with Crippen molar-refractivity contribution in [2.45, 2.75) is 50.5 Å². The van der Waals surface area contributed by atoms with Crippen molar-refractivity contribution in [1.29, 1.82) is 0 Å². The van der Waals surface area contributed by atoms with Crippen molar-refractivity contribution in [2.24, 2.45) is 0 Å². The summed E-state index contributed by atoms with van der Waals surface area (Å²) in [6, 6.07) is 10.2. The van der Waals surface area contributed by atoms with Gasteiger partial charge in [-0.25, -0.2) is 8.42 Å². The first kappa shape index (κ1) is 27.5. The molecule has 0 unspecified atom stereocenters. The molecule has 1 aliphatic rings. The fourth-order valence-electron chi connectivity index (χ4n) is 3.83. The van der Waals surface area contributed by atoms with E-state index in [9.17, 15) is 31.2 Å². The average Bonchev–Trinajstić information content (AvgIpc) is 2.81. The van der Waals surface area contributed by atoms with Crippen LogP contribution in [0.2, 0.25) is 0 Å². The molecule has 12 heteroatoms. The lowest BCUT2D eigenvalue weighted by atomic mass is 10.0. The molecule has 2 aromatic rings. The molecule has 0 aromatic heterocycles. The molecule has 36 heavy (non-hydrogen) atoms. The zero-order chi connectivity index (χ0) is 26.7. The molecule has 0 spiro atoms. The van der Waals surface area contributed by atoms with E-state index < -0.39 is 34.1 Å². The smallest absolute Gasteiger partial charge is 0.406 e. The highest BCUT2D eigenvalue weighted by molar-refractivity contribution is 7.89. The van der Waals surface area contributed by atoms with E-state index in [1.807, 2.05) is 24.3 Å². The van der Waals surface area contributed by atoms with E-state index >= 15 is 0 Å². The van der Waals surface area contributed by atoms with Crippen LogP contribution in [0.3, 0.4) is 0 Å². The summed E-state index contributed by atoms with van der Waals surface area (Å²) in [5.74, 6) is -1.11. The second kappa shape index (κ2) is 10.9. The van der Waals surface area contributed by atoms with Crippen LogP contribution in [-0.2, 0) is 26.2 Å². The lowest BCUT2D eigenvalue weighted by Gasteiger charge is -2.39. The molecule has 1 saturated heterocycles. The average molecular weight is 528 g/mol. The summed E-state index contributed by atoms with van der Waals surface area (Å²) in [6.45, 7) is 5.38. The molecule has 2 aromatic carbocycles. The minimum Gasteiger partial charge on any atom is -0.406 e. The number of nitrogens with one attached hydrogen (secondary N) is 1. The lowest BCUT2D eigenvalue weighted by Crippen LogP contribution is -2.61. The van der Waals surface area contributed by atoms with Crippen LogP contribution in [0.4, 0.5) is 13.2 Å². The van der Waals surface area contributed by atoms with Gasteiger partial charge in [-0.1, -0.05) is 38.1 Å². The zero-order valence-corrected chi connectivity index (χ0v) is 20.9. The van der Waals surface area contributed by atoms with Gasteiger partial charge in [-0.15, -0.1) is 13.2 Å². The molecule has 1 atom stereocenters. The second-order valence-electron chi connectivity index (χ2n) is 8.73. The van der Waals surface area contributed by atoms with Crippen molar-refractivity contribution in [3.05, 3.63) is 59.7 Å². The maximum Gasteiger partial charge on any atom is 0.573 e. The molecule has 0 bridgehead atoms. The Morgan fingerprint density at radius 2 is 1.67 bits per heavy atom. The number of benzene rings is 2. The van der Waals surface area contributed by atoms with Gasteiger partial charge in [0.2, 0.25) is 21.8 Å². The van der Waals surface area contributed by atoms with Gasteiger partial charge in [-0.05, 0) is 41.3 Å². The van der Waals surface area contributed by atoms with E-state index in [0.29, 0.717) is 5.92 Å². The van der Waals surface area contributed by atoms with Gasteiger partial charge in [0.1, 0.15) is 11.8 Å². The van der Waals surface area contributed by atoms with Crippen molar-refractivity contribution < 1.29 is 35.9 Å². The third kappa shape index (κ3) is 6.76. The van der Waals surface area contributed by atoms with Gasteiger partial charge in [-0.3, -0.25) is 9.59 Å². The maximum absolute atomic E-state index is 13.3. The normalized spacial score (nSPS) is 17.2. The van der Waals surface area contributed by atoms with Gasteiger partial charge in [-0.2, -0.15) is 4.31 Å². The topological polar surface area (TPSA) is 96.0 Å². The van der Waals surface area contributed by atoms with Crippen molar-refractivity contribution in [3.8, 4) is 5.75 Å². The third-order valence-electron chi connectivity index (χ3n) is 5.86. The van der Waals surface area contributed by atoms with Crippen molar-refractivity contribution in [3.63, 3.8) is 0 Å². The molecule has 1 N–H and O–H groups in total. The van der Waals surface area contributed by atoms with Crippen LogP contribution < -0.4 is 10.1 Å². The van der Waals surface area contributed by atoms with Gasteiger partial charge in [0.05, 0.1) is 4.90 Å². The number of ether oxygens (including phenoxy) is 1. The highest BCUT2D eigenvalue weighted by atomic mass is 32.2. The highest BCUT2D eigenvalue weighted by Gasteiger charge is 2.41. The lowest BCUT2D eigenvalue weighted by molar-refractivity contribution is -0.274. The fourth-order valence-corrected chi connectivity index (χ4v) is 5.40. The Balaban J connectivity index is 1.80. The van der Waals surface area contributed by atoms with E-state index in [2.05, 4.69) is 23.9 Å². The summed E-state index contributed by atoms with van der Waals surface area (Å²) in [7, 11) is -4.27. The Bertz CT molecular complexity index is 1180. The number of piperazine rings is 1. The minimum atomic E-state index is -4.91. The van der Waals surface area contributed by atoms with Gasteiger partial charge in [0.15, 0.2) is 0 Å².